The molecule has 0 aliphatic carbocycles. The highest BCUT2D eigenvalue weighted by Gasteiger charge is 2.02. The van der Waals surface area contributed by atoms with E-state index in [9.17, 15) is 4.79 Å². The molecule has 2 aromatic rings. The minimum atomic E-state index is -0.211. The molecule has 0 aliphatic heterocycles. The summed E-state index contributed by atoms with van der Waals surface area (Å²) >= 11 is 1.53. The van der Waals surface area contributed by atoms with Crippen molar-refractivity contribution in [2.24, 2.45) is 5.10 Å². The van der Waals surface area contributed by atoms with Gasteiger partial charge in [-0.25, -0.2) is 5.43 Å². The monoisotopic (exact) mass is 260 g/mol. The van der Waals surface area contributed by atoms with Gasteiger partial charge in [0, 0.05) is 11.8 Å². The van der Waals surface area contributed by atoms with Crippen molar-refractivity contribution in [3.8, 4) is 0 Å². The van der Waals surface area contributed by atoms with E-state index in [0.717, 1.165) is 9.99 Å². The molecule has 1 amide bonds. The van der Waals surface area contributed by atoms with E-state index in [4.69, 9.17) is 4.42 Å². The van der Waals surface area contributed by atoms with Gasteiger partial charge in [-0.05, 0) is 24.3 Å². The topological polar surface area (TPSA) is 54.6 Å². The molecule has 1 aromatic heterocycles. The van der Waals surface area contributed by atoms with Crippen LogP contribution in [0.15, 0.2) is 62.0 Å². The van der Waals surface area contributed by atoms with Crippen molar-refractivity contribution in [3.63, 3.8) is 0 Å². The van der Waals surface area contributed by atoms with Gasteiger partial charge in [0.25, 0.3) is 0 Å². The van der Waals surface area contributed by atoms with Gasteiger partial charge in [-0.15, -0.1) is 0 Å². The van der Waals surface area contributed by atoms with E-state index in [1.54, 1.807) is 6.07 Å². The maximum atomic E-state index is 10.6. The number of rotatable bonds is 4. The summed E-state index contributed by atoms with van der Waals surface area (Å²) in [6, 6.07) is 13.6. The molecule has 2 rings (SSSR count). The normalized spacial score (nSPS) is 10.7. The van der Waals surface area contributed by atoms with Crippen LogP contribution in [0.25, 0.3) is 0 Å². The maximum Gasteiger partial charge on any atom is 0.236 e. The van der Waals surface area contributed by atoms with E-state index in [2.05, 4.69) is 10.5 Å². The zero-order valence-corrected chi connectivity index (χ0v) is 10.6. The quantitative estimate of drug-likeness (QED) is 0.679. The molecule has 0 aliphatic rings. The van der Waals surface area contributed by atoms with Gasteiger partial charge < -0.3 is 4.42 Å². The lowest BCUT2D eigenvalue weighted by Gasteiger charge is -1.95. The van der Waals surface area contributed by atoms with Crippen LogP contribution in [-0.4, -0.2) is 12.1 Å². The van der Waals surface area contributed by atoms with Gasteiger partial charge >= 0.3 is 0 Å². The molecule has 1 N–H and O–H groups in total. The molecule has 5 heteroatoms. The molecule has 1 aromatic carbocycles. The minimum Gasteiger partial charge on any atom is -0.448 e. The lowest BCUT2D eigenvalue weighted by Crippen LogP contribution is -2.12. The van der Waals surface area contributed by atoms with Crippen molar-refractivity contribution in [3.05, 3.63) is 48.2 Å². The van der Waals surface area contributed by atoms with Crippen molar-refractivity contribution < 1.29 is 9.21 Å². The minimum absolute atomic E-state index is 0.211. The van der Waals surface area contributed by atoms with E-state index < -0.39 is 0 Å². The Kier molecular flexibility index (Phi) is 4.20. The Morgan fingerprint density at radius 2 is 2.06 bits per heavy atom. The maximum absolute atomic E-state index is 10.6. The first-order chi connectivity index (χ1) is 8.74. The van der Waals surface area contributed by atoms with E-state index in [-0.39, 0.29) is 5.91 Å². The summed E-state index contributed by atoms with van der Waals surface area (Å²) in [5, 5.41) is 4.52. The fourth-order valence-electron chi connectivity index (χ4n) is 1.25. The number of carbonyl (C=O) groups is 1. The highest BCUT2D eigenvalue weighted by Crippen LogP contribution is 2.28. The Morgan fingerprint density at radius 3 is 2.78 bits per heavy atom. The lowest BCUT2D eigenvalue weighted by molar-refractivity contribution is -0.118. The number of hydrogen-bond donors (Lipinski definition) is 1. The highest BCUT2D eigenvalue weighted by atomic mass is 32.2. The number of benzene rings is 1. The number of nitrogens with zero attached hydrogens (tertiary/aromatic N) is 1. The van der Waals surface area contributed by atoms with Crippen molar-refractivity contribution in [1.82, 2.24) is 5.43 Å². The summed E-state index contributed by atoms with van der Waals surface area (Å²) in [6.07, 6.45) is 1.47. The van der Waals surface area contributed by atoms with Gasteiger partial charge in [-0.3, -0.25) is 4.79 Å². The van der Waals surface area contributed by atoms with Crippen LogP contribution in [0.2, 0.25) is 0 Å². The molecule has 1 heterocycles. The number of hydrogen-bond acceptors (Lipinski definition) is 4. The molecule has 0 radical (unpaired) electrons. The molecular formula is C13H12N2O2S. The Bertz CT molecular complexity index is 549. The van der Waals surface area contributed by atoms with Gasteiger partial charge in [-0.1, -0.05) is 30.0 Å². The van der Waals surface area contributed by atoms with Crippen LogP contribution in [0.1, 0.15) is 12.7 Å². The van der Waals surface area contributed by atoms with Crippen LogP contribution < -0.4 is 5.43 Å². The van der Waals surface area contributed by atoms with E-state index in [0.29, 0.717) is 5.76 Å². The fourth-order valence-corrected chi connectivity index (χ4v) is 2.05. The molecule has 0 spiro atoms. The summed E-state index contributed by atoms with van der Waals surface area (Å²) in [5.41, 5.74) is 2.32. The Morgan fingerprint density at radius 1 is 1.28 bits per heavy atom. The average molecular weight is 260 g/mol. The third-order valence-electron chi connectivity index (χ3n) is 1.98. The number of hydrazone groups is 1. The Labute approximate surface area is 109 Å². The number of furan rings is 1. The molecule has 0 bridgehead atoms. The van der Waals surface area contributed by atoms with Crippen LogP contribution in [-0.2, 0) is 4.79 Å². The molecule has 0 fully saturated rings. The third-order valence-corrected chi connectivity index (χ3v) is 2.91. The largest absolute Gasteiger partial charge is 0.448 e. The molecule has 18 heavy (non-hydrogen) atoms. The second-order valence-corrected chi connectivity index (χ2v) is 4.58. The van der Waals surface area contributed by atoms with Crippen molar-refractivity contribution in [2.45, 2.75) is 16.9 Å². The van der Waals surface area contributed by atoms with E-state index >= 15 is 0 Å². The van der Waals surface area contributed by atoms with E-state index in [1.807, 2.05) is 36.4 Å². The van der Waals surface area contributed by atoms with Crippen molar-refractivity contribution in [2.75, 3.05) is 0 Å². The predicted molar refractivity (Wildman–Crippen MR) is 70.7 cm³/mol. The Hall–Kier alpha value is -2.01. The lowest BCUT2D eigenvalue weighted by atomic mass is 10.4. The van der Waals surface area contributed by atoms with Crippen molar-refractivity contribution in [1.29, 1.82) is 0 Å². The van der Waals surface area contributed by atoms with Gasteiger partial charge in [0.1, 0.15) is 5.76 Å². The zero-order chi connectivity index (χ0) is 12.8. The van der Waals surface area contributed by atoms with Crippen LogP contribution in [0, 0.1) is 0 Å². The molecule has 0 unspecified atom stereocenters. The summed E-state index contributed by atoms with van der Waals surface area (Å²) in [7, 11) is 0. The first kappa shape index (κ1) is 12.4. The van der Waals surface area contributed by atoms with Crippen LogP contribution in [0.5, 0.6) is 0 Å². The molecule has 4 nitrogen and oxygen atoms in total. The fraction of sp³-hybridized carbons (Fsp3) is 0.0769. The standard InChI is InChI=1S/C13H12N2O2S/c1-10(16)15-14-9-11-7-8-13(17-11)18-12-5-3-2-4-6-12/h2-9H,1H3,(H,15,16)/b14-9-. The van der Waals surface area contributed by atoms with Crippen LogP contribution >= 0.6 is 11.8 Å². The summed E-state index contributed by atoms with van der Waals surface area (Å²) in [6.45, 7) is 1.40. The second kappa shape index (κ2) is 6.07. The number of carbonyl (C=O) groups excluding carboxylic acids is 1. The van der Waals surface area contributed by atoms with Crippen LogP contribution in [0.3, 0.4) is 0 Å². The molecular weight excluding hydrogens is 248 g/mol. The second-order valence-electron chi connectivity index (χ2n) is 3.50. The number of nitrogens with one attached hydrogen (secondary N) is 1. The molecule has 0 atom stereocenters. The van der Waals surface area contributed by atoms with Gasteiger partial charge in [0.2, 0.25) is 5.91 Å². The van der Waals surface area contributed by atoms with Crippen LogP contribution in [0.4, 0.5) is 0 Å². The molecule has 0 saturated heterocycles. The molecule has 0 saturated carbocycles. The van der Waals surface area contributed by atoms with Gasteiger partial charge in [0.05, 0.1) is 6.21 Å². The van der Waals surface area contributed by atoms with E-state index in [1.165, 1.54) is 24.9 Å². The first-order valence-electron chi connectivity index (χ1n) is 5.36. The Balaban J connectivity index is 1.98. The highest BCUT2D eigenvalue weighted by molar-refractivity contribution is 7.99. The average Bonchev–Trinajstić information content (AvgIpc) is 2.78. The molecule has 92 valence electrons. The van der Waals surface area contributed by atoms with Gasteiger partial charge in [-0.2, -0.15) is 5.10 Å². The summed E-state index contributed by atoms with van der Waals surface area (Å²) in [5.74, 6) is 0.388. The summed E-state index contributed by atoms with van der Waals surface area (Å²) in [4.78, 5) is 11.7. The third kappa shape index (κ3) is 3.78. The zero-order valence-electron chi connectivity index (χ0n) is 9.79. The number of amides is 1. The first-order valence-corrected chi connectivity index (χ1v) is 6.18. The predicted octanol–water partition coefficient (Wildman–Crippen LogP) is 2.90. The summed E-state index contributed by atoms with van der Waals surface area (Å²) < 4.78 is 5.53. The van der Waals surface area contributed by atoms with Gasteiger partial charge in [0.15, 0.2) is 5.09 Å². The smallest absolute Gasteiger partial charge is 0.236 e. The van der Waals surface area contributed by atoms with Crippen molar-refractivity contribution >= 4 is 23.9 Å². The SMILES string of the molecule is CC(=O)N/N=C\c1ccc(Sc2ccccc2)o1.